The molecule has 9 heteroatoms. The zero-order valence-corrected chi connectivity index (χ0v) is 17.7. The number of rotatable bonds is 5. The van der Waals surface area contributed by atoms with E-state index in [2.05, 4.69) is 25.9 Å². The zero-order chi connectivity index (χ0) is 20.9. The molecule has 2 amide bonds. The lowest BCUT2D eigenvalue weighted by Crippen LogP contribution is -2.27. The summed E-state index contributed by atoms with van der Waals surface area (Å²) in [6, 6.07) is 5.21. The minimum atomic E-state index is -0.599. The van der Waals surface area contributed by atoms with Crippen molar-refractivity contribution in [2.45, 2.75) is 38.5 Å². The highest BCUT2D eigenvalue weighted by Gasteiger charge is 2.18. The number of nitrogens with zero attached hydrogens (tertiary/aromatic N) is 2. The fourth-order valence-electron chi connectivity index (χ4n) is 2.27. The Bertz CT molecular complexity index is 880. The molecule has 3 N–H and O–H groups in total. The Balaban J connectivity index is 2.20. The highest BCUT2D eigenvalue weighted by Crippen LogP contribution is 2.23. The van der Waals surface area contributed by atoms with Gasteiger partial charge in [0.25, 0.3) is 5.91 Å². The summed E-state index contributed by atoms with van der Waals surface area (Å²) in [7, 11) is 1.69. The topological polar surface area (TPSA) is 105 Å². The van der Waals surface area contributed by atoms with E-state index in [9.17, 15) is 9.59 Å². The van der Waals surface area contributed by atoms with Gasteiger partial charge in [0, 0.05) is 24.6 Å². The molecule has 1 heterocycles. The van der Waals surface area contributed by atoms with Crippen LogP contribution >= 0.6 is 11.8 Å². The van der Waals surface area contributed by atoms with Crippen molar-refractivity contribution in [1.82, 2.24) is 9.97 Å². The SMILES string of the molecule is CNc1nc(SC)ncc1C(=O)Nc1cc(NC(=O)OC(C)(C)C)ccc1C. The number of ether oxygens (including phenoxy) is 1. The monoisotopic (exact) mass is 403 g/mol. The molecule has 0 bridgehead atoms. The van der Waals surface area contributed by atoms with Gasteiger partial charge in [-0.05, 0) is 51.6 Å². The smallest absolute Gasteiger partial charge is 0.412 e. The quantitative estimate of drug-likeness (QED) is 0.509. The van der Waals surface area contributed by atoms with Gasteiger partial charge in [0.05, 0.1) is 0 Å². The Morgan fingerprint density at radius 2 is 1.89 bits per heavy atom. The number of amides is 2. The Labute approximate surface area is 168 Å². The molecule has 0 saturated heterocycles. The molecule has 0 aliphatic carbocycles. The van der Waals surface area contributed by atoms with Crippen LogP contribution in [0.4, 0.5) is 22.0 Å². The first-order chi connectivity index (χ1) is 13.1. The number of anilines is 3. The molecule has 0 unspecified atom stereocenters. The number of aryl methyl sites for hydroxylation is 1. The van der Waals surface area contributed by atoms with Gasteiger partial charge in [-0.2, -0.15) is 0 Å². The van der Waals surface area contributed by atoms with Gasteiger partial charge in [0.15, 0.2) is 5.16 Å². The third-order valence-electron chi connectivity index (χ3n) is 3.56. The normalized spacial score (nSPS) is 10.9. The predicted molar refractivity (Wildman–Crippen MR) is 112 cm³/mol. The summed E-state index contributed by atoms with van der Waals surface area (Å²) in [5.74, 6) is 0.0899. The van der Waals surface area contributed by atoms with Crippen LogP contribution in [0.25, 0.3) is 0 Å². The molecule has 2 aromatic rings. The number of hydrogen-bond acceptors (Lipinski definition) is 7. The maximum Gasteiger partial charge on any atom is 0.412 e. The Morgan fingerprint density at radius 3 is 2.50 bits per heavy atom. The second-order valence-electron chi connectivity index (χ2n) is 6.98. The average Bonchev–Trinajstić information content (AvgIpc) is 2.62. The van der Waals surface area contributed by atoms with Gasteiger partial charge in [0.1, 0.15) is 17.0 Å². The second kappa shape index (κ2) is 8.92. The zero-order valence-electron chi connectivity index (χ0n) is 16.8. The molecule has 2 rings (SSSR count). The highest BCUT2D eigenvalue weighted by atomic mass is 32.2. The van der Waals surface area contributed by atoms with Gasteiger partial charge >= 0.3 is 6.09 Å². The summed E-state index contributed by atoms with van der Waals surface area (Å²) < 4.78 is 5.25. The average molecular weight is 404 g/mol. The van der Waals surface area contributed by atoms with E-state index >= 15 is 0 Å². The minimum Gasteiger partial charge on any atom is -0.444 e. The first-order valence-electron chi connectivity index (χ1n) is 8.63. The molecule has 8 nitrogen and oxygen atoms in total. The van der Waals surface area contributed by atoms with E-state index in [4.69, 9.17) is 4.74 Å². The summed E-state index contributed by atoms with van der Waals surface area (Å²) in [6.07, 6.45) is 2.78. The molecular weight excluding hydrogens is 378 g/mol. The molecule has 150 valence electrons. The Kier molecular flexibility index (Phi) is 6.85. The van der Waals surface area contributed by atoms with Crippen LogP contribution in [0.2, 0.25) is 0 Å². The summed E-state index contributed by atoms with van der Waals surface area (Å²) >= 11 is 1.39. The molecular formula is C19H25N5O3S. The number of hydrogen-bond donors (Lipinski definition) is 3. The summed E-state index contributed by atoms with van der Waals surface area (Å²) in [5, 5.41) is 8.99. The predicted octanol–water partition coefficient (Wildman–Crippen LogP) is 4.15. The number of carbonyl (C=O) groups excluding carboxylic acids is 2. The summed E-state index contributed by atoms with van der Waals surface area (Å²) in [5.41, 5.74) is 1.65. The molecule has 0 saturated carbocycles. The third kappa shape index (κ3) is 5.85. The molecule has 1 aromatic heterocycles. The first kappa shape index (κ1) is 21.5. The number of thioether (sulfide) groups is 1. The van der Waals surface area contributed by atoms with Gasteiger partial charge in [-0.25, -0.2) is 14.8 Å². The van der Waals surface area contributed by atoms with E-state index in [0.717, 1.165) is 5.56 Å². The van der Waals surface area contributed by atoms with Crippen LogP contribution < -0.4 is 16.0 Å². The number of nitrogens with one attached hydrogen (secondary N) is 3. The van der Waals surface area contributed by atoms with Crippen LogP contribution in [0.1, 0.15) is 36.7 Å². The van der Waals surface area contributed by atoms with E-state index in [-0.39, 0.29) is 5.91 Å². The highest BCUT2D eigenvalue weighted by molar-refractivity contribution is 7.98. The molecule has 1 aromatic carbocycles. The van der Waals surface area contributed by atoms with Crippen LogP contribution in [0.5, 0.6) is 0 Å². The van der Waals surface area contributed by atoms with Gasteiger partial charge < -0.3 is 15.4 Å². The lowest BCUT2D eigenvalue weighted by molar-refractivity contribution is 0.0636. The van der Waals surface area contributed by atoms with E-state index in [0.29, 0.717) is 27.9 Å². The lowest BCUT2D eigenvalue weighted by atomic mass is 10.1. The number of aromatic nitrogens is 2. The number of carbonyl (C=O) groups is 2. The third-order valence-corrected chi connectivity index (χ3v) is 4.12. The molecule has 28 heavy (non-hydrogen) atoms. The van der Waals surface area contributed by atoms with Gasteiger partial charge in [-0.3, -0.25) is 10.1 Å². The Morgan fingerprint density at radius 1 is 1.18 bits per heavy atom. The van der Waals surface area contributed by atoms with Crippen molar-refractivity contribution in [2.24, 2.45) is 0 Å². The van der Waals surface area contributed by atoms with Crippen molar-refractivity contribution < 1.29 is 14.3 Å². The summed E-state index contributed by atoms with van der Waals surface area (Å²) in [6.45, 7) is 7.23. The van der Waals surface area contributed by atoms with E-state index < -0.39 is 11.7 Å². The maximum absolute atomic E-state index is 12.7. The van der Waals surface area contributed by atoms with Crippen LogP contribution in [0, 0.1) is 6.92 Å². The van der Waals surface area contributed by atoms with Gasteiger partial charge in [-0.15, -0.1) is 0 Å². The van der Waals surface area contributed by atoms with Gasteiger partial charge in [-0.1, -0.05) is 17.8 Å². The number of benzene rings is 1. The van der Waals surface area contributed by atoms with E-state index in [1.165, 1.54) is 18.0 Å². The fraction of sp³-hybridized carbons (Fsp3) is 0.368. The Hall–Kier alpha value is -2.81. The van der Waals surface area contributed by atoms with Gasteiger partial charge in [0.2, 0.25) is 0 Å². The minimum absolute atomic E-state index is 0.324. The van der Waals surface area contributed by atoms with Crippen molar-refractivity contribution in [3.63, 3.8) is 0 Å². The van der Waals surface area contributed by atoms with Crippen LogP contribution in [0.3, 0.4) is 0 Å². The van der Waals surface area contributed by atoms with Crippen molar-refractivity contribution in [1.29, 1.82) is 0 Å². The van der Waals surface area contributed by atoms with Crippen LogP contribution in [-0.2, 0) is 4.74 Å². The maximum atomic E-state index is 12.7. The van der Waals surface area contributed by atoms with E-state index in [1.807, 2.05) is 13.2 Å². The van der Waals surface area contributed by atoms with Crippen LogP contribution in [0.15, 0.2) is 29.6 Å². The molecule has 0 atom stereocenters. The van der Waals surface area contributed by atoms with Crippen LogP contribution in [-0.4, -0.2) is 40.9 Å². The van der Waals surface area contributed by atoms with Crippen molar-refractivity contribution in [3.05, 3.63) is 35.5 Å². The molecule has 0 aliphatic rings. The molecule has 0 aliphatic heterocycles. The lowest BCUT2D eigenvalue weighted by Gasteiger charge is -2.20. The standard InChI is InChI=1S/C19H25N5O3S/c1-11-7-8-12(22-18(26)27-19(2,3)4)9-14(11)23-16(25)13-10-21-17(28-6)24-15(13)20-5/h7-10H,1-6H3,(H,22,26)(H,23,25)(H,20,21,24). The summed E-state index contributed by atoms with van der Waals surface area (Å²) in [4.78, 5) is 33.1. The fourth-order valence-corrected chi connectivity index (χ4v) is 2.61. The van der Waals surface area contributed by atoms with Crippen molar-refractivity contribution in [2.75, 3.05) is 29.3 Å². The largest absolute Gasteiger partial charge is 0.444 e. The van der Waals surface area contributed by atoms with Crippen molar-refractivity contribution >= 4 is 41.0 Å². The van der Waals surface area contributed by atoms with Crippen molar-refractivity contribution in [3.8, 4) is 0 Å². The van der Waals surface area contributed by atoms with E-state index in [1.54, 1.807) is 46.0 Å². The first-order valence-corrected chi connectivity index (χ1v) is 9.86. The molecule has 0 fully saturated rings. The molecule has 0 radical (unpaired) electrons. The second-order valence-corrected chi connectivity index (χ2v) is 7.75. The molecule has 0 spiro atoms.